The van der Waals surface area contributed by atoms with Gasteiger partial charge in [0.2, 0.25) is 0 Å². The maximum absolute atomic E-state index is 11.9. The van der Waals surface area contributed by atoms with Crippen molar-refractivity contribution >= 4 is 29.0 Å². The van der Waals surface area contributed by atoms with Crippen molar-refractivity contribution in [3.05, 3.63) is 41.5 Å². The number of fused-ring (bicyclic) bond motifs is 6. The molecule has 6 heteroatoms. The molecule has 1 N–H and O–H groups in total. The minimum Gasteiger partial charge on any atom is -0.462 e. The Bertz CT molecular complexity index is 868. The second kappa shape index (κ2) is 8.91. The van der Waals surface area contributed by atoms with E-state index in [9.17, 15) is 4.79 Å². The van der Waals surface area contributed by atoms with Gasteiger partial charge in [0.25, 0.3) is 0 Å². The SMILES string of the molecule is CCOC(=O)c1ccc(NC(=S)N2CCCC3=C[C@@H]4C[C@@H](CN5CCCC[C@H]45)[C@@H]32)cc1. The van der Waals surface area contributed by atoms with Gasteiger partial charge >= 0.3 is 5.97 Å². The smallest absolute Gasteiger partial charge is 0.338 e. The van der Waals surface area contributed by atoms with Crippen molar-refractivity contribution in [2.45, 2.75) is 57.5 Å². The van der Waals surface area contributed by atoms with Crippen LogP contribution in [0.4, 0.5) is 5.69 Å². The molecule has 0 radical (unpaired) electrons. The summed E-state index contributed by atoms with van der Waals surface area (Å²) in [7, 11) is 0. The first-order chi connectivity index (χ1) is 15.1. The van der Waals surface area contributed by atoms with Crippen molar-refractivity contribution in [2.24, 2.45) is 11.8 Å². The van der Waals surface area contributed by atoms with Gasteiger partial charge in [-0.3, -0.25) is 4.90 Å². The summed E-state index contributed by atoms with van der Waals surface area (Å²) >= 11 is 5.90. The van der Waals surface area contributed by atoms with Crippen molar-refractivity contribution in [1.82, 2.24) is 9.80 Å². The Morgan fingerprint density at radius 1 is 1.19 bits per heavy atom. The molecule has 5 rings (SSSR count). The van der Waals surface area contributed by atoms with E-state index in [1.165, 1.54) is 51.6 Å². The summed E-state index contributed by atoms with van der Waals surface area (Å²) in [6.45, 7) is 5.70. The standard InChI is InChI=1S/C25H33N3O2S/c1-2-30-24(29)17-8-10-21(11-9-17)26-25(31)28-13-5-6-18-14-19-15-20(23(18)28)16-27-12-4-3-7-22(19)27/h8-11,14,19-20,22-23H,2-7,12-13,15-16H2,1H3,(H,26,31)/t19-,20+,22-,23-/m1/s1. The Morgan fingerprint density at radius 2 is 2.03 bits per heavy atom. The van der Waals surface area contributed by atoms with Crippen LogP contribution in [0.15, 0.2) is 35.9 Å². The molecule has 3 aliphatic heterocycles. The zero-order valence-electron chi connectivity index (χ0n) is 18.4. The van der Waals surface area contributed by atoms with E-state index in [2.05, 4.69) is 21.2 Å². The molecule has 5 nitrogen and oxygen atoms in total. The third-order valence-corrected chi connectivity index (χ3v) is 7.90. The highest BCUT2D eigenvalue weighted by molar-refractivity contribution is 7.80. The molecular formula is C25H33N3O2S. The third-order valence-electron chi connectivity index (χ3n) is 7.57. The van der Waals surface area contributed by atoms with E-state index in [0.29, 0.717) is 24.1 Å². The summed E-state index contributed by atoms with van der Waals surface area (Å²) in [5.74, 6) is 1.13. The van der Waals surface area contributed by atoms with Crippen molar-refractivity contribution in [3.63, 3.8) is 0 Å². The molecule has 0 amide bonds. The van der Waals surface area contributed by atoms with Crippen LogP contribution in [0.1, 0.15) is 55.8 Å². The minimum absolute atomic E-state index is 0.285. The molecule has 31 heavy (non-hydrogen) atoms. The van der Waals surface area contributed by atoms with E-state index < -0.39 is 0 Å². The van der Waals surface area contributed by atoms with Gasteiger partial charge in [0, 0.05) is 24.8 Å². The lowest BCUT2D eigenvalue weighted by Crippen LogP contribution is -2.60. The van der Waals surface area contributed by atoms with Crippen molar-refractivity contribution in [3.8, 4) is 0 Å². The number of esters is 1. The van der Waals surface area contributed by atoms with Crippen LogP contribution in [-0.4, -0.2) is 59.2 Å². The van der Waals surface area contributed by atoms with Crippen LogP contribution < -0.4 is 5.32 Å². The number of carbonyl (C=O) groups excluding carboxylic acids is 1. The summed E-state index contributed by atoms with van der Waals surface area (Å²) < 4.78 is 5.08. The van der Waals surface area contributed by atoms with Crippen LogP contribution in [-0.2, 0) is 4.74 Å². The summed E-state index contributed by atoms with van der Waals surface area (Å²) in [6.07, 6.45) is 10.4. The lowest BCUT2D eigenvalue weighted by molar-refractivity contribution is 0.0132. The van der Waals surface area contributed by atoms with Crippen LogP contribution in [0.3, 0.4) is 0 Å². The second-order valence-corrected chi connectivity index (χ2v) is 9.82. The second-order valence-electron chi connectivity index (χ2n) is 9.43. The maximum atomic E-state index is 11.9. The van der Waals surface area contributed by atoms with E-state index in [1.54, 1.807) is 17.7 Å². The summed E-state index contributed by atoms with van der Waals surface area (Å²) in [6, 6.07) is 8.63. The first kappa shape index (κ1) is 21.0. The molecule has 4 atom stereocenters. The molecule has 1 aromatic rings. The van der Waals surface area contributed by atoms with E-state index in [1.807, 2.05) is 19.1 Å². The number of hydrogen-bond acceptors (Lipinski definition) is 4. The Kier molecular flexibility index (Phi) is 6.02. The largest absolute Gasteiger partial charge is 0.462 e. The monoisotopic (exact) mass is 439 g/mol. The lowest BCUT2D eigenvalue weighted by Gasteiger charge is -2.55. The van der Waals surface area contributed by atoms with Crippen molar-refractivity contribution < 1.29 is 9.53 Å². The van der Waals surface area contributed by atoms with Gasteiger partial charge in [-0.05, 0) is 93.9 Å². The molecule has 2 bridgehead atoms. The molecule has 1 aromatic carbocycles. The first-order valence-electron chi connectivity index (χ1n) is 11.9. The van der Waals surface area contributed by atoms with Crippen molar-refractivity contribution in [2.75, 3.05) is 31.6 Å². The predicted molar refractivity (Wildman–Crippen MR) is 127 cm³/mol. The fourth-order valence-corrected chi connectivity index (χ4v) is 6.62. The van der Waals surface area contributed by atoms with E-state index in [-0.39, 0.29) is 5.97 Å². The van der Waals surface area contributed by atoms with Gasteiger partial charge < -0.3 is 15.0 Å². The quantitative estimate of drug-likeness (QED) is 0.426. The Hall–Kier alpha value is -1.92. The average molecular weight is 440 g/mol. The normalized spacial score (nSPS) is 30.0. The van der Waals surface area contributed by atoms with E-state index in [4.69, 9.17) is 17.0 Å². The summed E-state index contributed by atoms with van der Waals surface area (Å²) in [5, 5.41) is 4.24. The van der Waals surface area contributed by atoms with Gasteiger partial charge in [-0.2, -0.15) is 0 Å². The van der Waals surface area contributed by atoms with Gasteiger partial charge in [0.05, 0.1) is 18.2 Å². The number of piperidine rings is 3. The van der Waals surface area contributed by atoms with Gasteiger partial charge in [-0.15, -0.1) is 0 Å². The van der Waals surface area contributed by atoms with Gasteiger partial charge in [-0.1, -0.05) is 18.1 Å². The highest BCUT2D eigenvalue weighted by atomic mass is 32.1. The average Bonchev–Trinajstić information content (AvgIpc) is 2.79. The maximum Gasteiger partial charge on any atom is 0.338 e. The number of nitrogens with one attached hydrogen (secondary N) is 1. The van der Waals surface area contributed by atoms with Crippen LogP contribution in [0, 0.1) is 11.8 Å². The van der Waals surface area contributed by atoms with Crippen LogP contribution in [0.5, 0.6) is 0 Å². The molecular weight excluding hydrogens is 406 g/mol. The molecule has 3 fully saturated rings. The molecule has 0 spiro atoms. The molecule has 166 valence electrons. The number of likely N-dealkylation sites (tertiary alicyclic amines) is 1. The van der Waals surface area contributed by atoms with Crippen LogP contribution >= 0.6 is 12.2 Å². The van der Waals surface area contributed by atoms with Gasteiger partial charge in [-0.25, -0.2) is 4.79 Å². The molecule has 3 saturated heterocycles. The highest BCUT2D eigenvalue weighted by Crippen LogP contribution is 2.45. The van der Waals surface area contributed by atoms with Crippen molar-refractivity contribution in [1.29, 1.82) is 0 Å². The Labute approximate surface area is 190 Å². The number of carbonyl (C=O) groups is 1. The number of thiocarbonyl (C=S) groups is 1. The van der Waals surface area contributed by atoms with E-state index in [0.717, 1.165) is 29.3 Å². The van der Waals surface area contributed by atoms with Crippen LogP contribution in [0.2, 0.25) is 0 Å². The number of rotatable bonds is 3. The zero-order valence-corrected chi connectivity index (χ0v) is 19.2. The molecule has 4 aliphatic rings. The van der Waals surface area contributed by atoms with E-state index >= 15 is 0 Å². The molecule has 3 heterocycles. The van der Waals surface area contributed by atoms with Gasteiger partial charge in [0.15, 0.2) is 5.11 Å². The minimum atomic E-state index is -0.285. The predicted octanol–water partition coefficient (Wildman–Crippen LogP) is 4.46. The Morgan fingerprint density at radius 3 is 2.84 bits per heavy atom. The van der Waals surface area contributed by atoms with Crippen LogP contribution in [0.25, 0.3) is 0 Å². The lowest BCUT2D eigenvalue weighted by atomic mass is 9.68. The van der Waals surface area contributed by atoms with Gasteiger partial charge in [0.1, 0.15) is 0 Å². The molecule has 0 aromatic heterocycles. The highest BCUT2D eigenvalue weighted by Gasteiger charge is 2.46. The zero-order chi connectivity index (χ0) is 21.4. The number of hydrogen-bond donors (Lipinski definition) is 1. The number of anilines is 1. The third kappa shape index (κ3) is 4.12. The topological polar surface area (TPSA) is 44.8 Å². The fourth-order valence-electron chi connectivity index (χ4n) is 6.30. The molecule has 1 aliphatic carbocycles. The summed E-state index contributed by atoms with van der Waals surface area (Å²) in [4.78, 5) is 17.1. The molecule has 0 saturated carbocycles. The first-order valence-corrected chi connectivity index (χ1v) is 12.3. The summed E-state index contributed by atoms with van der Waals surface area (Å²) in [5.41, 5.74) is 3.11. The Balaban J connectivity index is 1.31. The number of nitrogens with zero attached hydrogens (tertiary/aromatic N) is 2. The number of ether oxygens (including phenoxy) is 1. The fraction of sp³-hybridized carbons (Fsp3) is 0.600. The number of benzene rings is 1. The molecule has 0 unspecified atom stereocenters.